The molecular weight excluding hydrogens is 447 g/mol. The van der Waals surface area contributed by atoms with Crippen LogP contribution in [0.4, 0.5) is 0 Å². The Kier molecular flexibility index (Phi) is 8.44. The lowest BCUT2D eigenvalue weighted by molar-refractivity contribution is -0.142. The molecule has 2 amide bonds. The number of nitrogens with zero attached hydrogens (tertiary/aromatic N) is 1. The highest BCUT2D eigenvalue weighted by molar-refractivity contribution is 6.42. The van der Waals surface area contributed by atoms with Crippen LogP contribution < -0.4 is 10.1 Å². The van der Waals surface area contributed by atoms with Gasteiger partial charge >= 0.3 is 0 Å². The van der Waals surface area contributed by atoms with Crippen molar-refractivity contribution in [3.05, 3.63) is 63.1 Å². The van der Waals surface area contributed by atoms with Gasteiger partial charge in [0.25, 0.3) is 5.91 Å². The largest absolute Gasteiger partial charge is 0.483 e. The molecular formula is C25H30Cl2N2O3. The summed E-state index contributed by atoms with van der Waals surface area (Å²) >= 11 is 12.2. The third kappa shape index (κ3) is 6.39. The first-order valence-electron chi connectivity index (χ1n) is 11.0. The van der Waals surface area contributed by atoms with E-state index in [1.54, 1.807) is 25.1 Å². The molecule has 1 aliphatic carbocycles. The molecule has 5 nitrogen and oxygen atoms in total. The maximum Gasteiger partial charge on any atom is 0.261 e. The number of hydrogen-bond donors (Lipinski definition) is 1. The molecule has 0 bridgehead atoms. The van der Waals surface area contributed by atoms with Gasteiger partial charge in [0.05, 0.1) is 10.0 Å². The molecule has 0 spiro atoms. The molecule has 0 aromatic heterocycles. The number of amides is 2. The first-order chi connectivity index (χ1) is 15.2. The van der Waals surface area contributed by atoms with Gasteiger partial charge in [-0.3, -0.25) is 9.59 Å². The Morgan fingerprint density at radius 3 is 2.47 bits per heavy atom. The van der Waals surface area contributed by atoms with E-state index in [0.29, 0.717) is 15.8 Å². The van der Waals surface area contributed by atoms with Crippen LogP contribution in [0.1, 0.15) is 49.3 Å². The van der Waals surface area contributed by atoms with E-state index in [-0.39, 0.29) is 31.0 Å². The van der Waals surface area contributed by atoms with E-state index < -0.39 is 6.04 Å². The third-order valence-corrected chi connectivity index (χ3v) is 6.63. The minimum Gasteiger partial charge on any atom is -0.483 e. The van der Waals surface area contributed by atoms with Crippen LogP contribution >= 0.6 is 23.2 Å². The molecule has 7 heteroatoms. The van der Waals surface area contributed by atoms with Crippen LogP contribution in [0.15, 0.2) is 36.4 Å². The minimum absolute atomic E-state index is 0.156. The summed E-state index contributed by atoms with van der Waals surface area (Å²) in [5.74, 6) is 0.225. The van der Waals surface area contributed by atoms with E-state index in [1.165, 1.54) is 4.90 Å². The molecule has 0 aliphatic heterocycles. The van der Waals surface area contributed by atoms with Crippen LogP contribution in [0.3, 0.4) is 0 Å². The lowest BCUT2D eigenvalue weighted by Crippen LogP contribution is -2.50. The van der Waals surface area contributed by atoms with Crippen molar-refractivity contribution in [2.24, 2.45) is 0 Å². The van der Waals surface area contributed by atoms with Crippen molar-refractivity contribution in [1.29, 1.82) is 0 Å². The highest BCUT2D eigenvalue weighted by atomic mass is 35.5. The molecule has 1 fully saturated rings. The van der Waals surface area contributed by atoms with Crippen molar-refractivity contribution < 1.29 is 14.3 Å². The Bertz CT molecular complexity index is 974. The fraction of sp³-hybridized carbons (Fsp3) is 0.440. The van der Waals surface area contributed by atoms with Crippen LogP contribution in [0.25, 0.3) is 0 Å². The Morgan fingerprint density at radius 1 is 1.09 bits per heavy atom. The monoisotopic (exact) mass is 476 g/mol. The molecule has 1 saturated carbocycles. The first-order valence-corrected chi connectivity index (χ1v) is 11.7. The zero-order valence-electron chi connectivity index (χ0n) is 18.8. The van der Waals surface area contributed by atoms with Crippen LogP contribution in [-0.2, 0) is 16.1 Å². The van der Waals surface area contributed by atoms with Crippen molar-refractivity contribution in [2.75, 3.05) is 6.61 Å². The summed E-state index contributed by atoms with van der Waals surface area (Å²) in [7, 11) is 0. The van der Waals surface area contributed by atoms with Gasteiger partial charge in [-0.15, -0.1) is 0 Å². The van der Waals surface area contributed by atoms with Gasteiger partial charge in [-0.1, -0.05) is 59.8 Å². The topological polar surface area (TPSA) is 58.6 Å². The number of carbonyl (C=O) groups excluding carboxylic acids is 2. The van der Waals surface area contributed by atoms with Crippen molar-refractivity contribution in [1.82, 2.24) is 10.2 Å². The second-order valence-corrected chi connectivity index (χ2v) is 9.31. The van der Waals surface area contributed by atoms with E-state index in [4.69, 9.17) is 27.9 Å². The smallest absolute Gasteiger partial charge is 0.261 e. The van der Waals surface area contributed by atoms with Crippen molar-refractivity contribution in [3.8, 4) is 5.75 Å². The molecule has 0 radical (unpaired) electrons. The molecule has 3 rings (SSSR count). The summed E-state index contributed by atoms with van der Waals surface area (Å²) in [6.45, 7) is 5.76. The predicted molar refractivity (Wildman–Crippen MR) is 128 cm³/mol. The lowest BCUT2D eigenvalue weighted by Gasteiger charge is -2.30. The SMILES string of the molecule is Cc1ccc(OCC(=O)N(Cc2ccc(Cl)c(Cl)c2)[C@@H](C)C(=O)NC2CCCC2)c(C)c1. The van der Waals surface area contributed by atoms with Gasteiger partial charge in [-0.25, -0.2) is 0 Å². The number of halogens is 2. The van der Waals surface area contributed by atoms with Gasteiger partial charge in [0.2, 0.25) is 5.91 Å². The highest BCUT2D eigenvalue weighted by Gasteiger charge is 2.29. The average molecular weight is 477 g/mol. The molecule has 1 N–H and O–H groups in total. The Labute approximate surface area is 200 Å². The second-order valence-electron chi connectivity index (χ2n) is 8.49. The lowest BCUT2D eigenvalue weighted by atomic mass is 10.1. The molecule has 0 unspecified atom stereocenters. The standard InChI is InChI=1S/C25H30Cl2N2O3/c1-16-8-11-23(17(2)12-16)32-15-24(30)29(14-19-9-10-21(26)22(27)13-19)18(3)25(31)28-20-6-4-5-7-20/h8-13,18,20H,4-7,14-15H2,1-3H3,(H,28,31)/t18-/m0/s1. The van der Waals surface area contributed by atoms with E-state index in [0.717, 1.165) is 42.4 Å². The van der Waals surface area contributed by atoms with Gasteiger partial charge in [0.1, 0.15) is 11.8 Å². The normalized spacial score (nSPS) is 14.8. The molecule has 2 aromatic rings. The van der Waals surface area contributed by atoms with Gasteiger partial charge in [0.15, 0.2) is 6.61 Å². The number of rotatable bonds is 8. The van der Waals surface area contributed by atoms with E-state index >= 15 is 0 Å². The van der Waals surface area contributed by atoms with Gasteiger partial charge < -0.3 is 15.0 Å². The number of ether oxygens (including phenoxy) is 1. The number of nitrogens with one attached hydrogen (secondary N) is 1. The van der Waals surface area contributed by atoms with E-state index in [2.05, 4.69) is 5.32 Å². The predicted octanol–water partition coefficient (Wildman–Crippen LogP) is 5.47. The van der Waals surface area contributed by atoms with Gasteiger partial charge in [0, 0.05) is 12.6 Å². The van der Waals surface area contributed by atoms with Crippen molar-refractivity contribution in [2.45, 2.75) is 65.1 Å². The quantitative estimate of drug-likeness (QED) is 0.549. The summed E-state index contributed by atoms with van der Waals surface area (Å²) in [5, 5.41) is 3.94. The molecule has 0 saturated heterocycles. The second kappa shape index (κ2) is 11.1. The van der Waals surface area contributed by atoms with Crippen LogP contribution in [0, 0.1) is 13.8 Å². The fourth-order valence-corrected chi connectivity index (χ4v) is 4.31. The minimum atomic E-state index is -0.653. The molecule has 172 valence electrons. The zero-order chi connectivity index (χ0) is 23.3. The number of benzene rings is 2. The molecule has 1 atom stereocenters. The van der Waals surface area contributed by atoms with Crippen molar-refractivity contribution in [3.63, 3.8) is 0 Å². The van der Waals surface area contributed by atoms with Crippen LogP contribution in [0.2, 0.25) is 10.0 Å². The summed E-state index contributed by atoms with van der Waals surface area (Å²) in [6.07, 6.45) is 4.20. The summed E-state index contributed by atoms with van der Waals surface area (Å²) in [6, 6.07) is 10.5. The third-order valence-electron chi connectivity index (χ3n) is 5.89. The number of aryl methyl sites for hydroxylation is 2. The Hall–Kier alpha value is -2.24. The highest BCUT2D eigenvalue weighted by Crippen LogP contribution is 2.24. The van der Waals surface area contributed by atoms with Crippen LogP contribution in [0.5, 0.6) is 5.75 Å². The first kappa shape index (κ1) is 24.4. The number of carbonyl (C=O) groups is 2. The van der Waals surface area contributed by atoms with E-state index in [9.17, 15) is 9.59 Å². The van der Waals surface area contributed by atoms with Gasteiger partial charge in [-0.2, -0.15) is 0 Å². The Morgan fingerprint density at radius 2 is 1.81 bits per heavy atom. The molecule has 0 heterocycles. The van der Waals surface area contributed by atoms with Crippen LogP contribution in [-0.4, -0.2) is 35.4 Å². The summed E-state index contributed by atoms with van der Waals surface area (Å²) in [4.78, 5) is 27.7. The maximum absolute atomic E-state index is 13.2. The average Bonchev–Trinajstić information content (AvgIpc) is 3.26. The molecule has 32 heavy (non-hydrogen) atoms. The summed E-state index contributed by atoms with van der Waals surface area (Å²) in [5.41, 5.74) is 2.88. The molecule has 2 aromatic carbocycles. The maximum atomic E-state index is 13.2. The zero-order valence-corrected chi connectivity index (χ0v) is 20.3. The van der Waals surface area contributed by atoms with Crippen molar-refractivity contribution >= 4 is 35.0 Å². The van der Waals surface area contributed by atoms with Gasteiger partial charge in [-0.05, 0) is 62.9 Å². The van der Waals surface area contributed by atoms with E-state index in [1.807, 2.05) is 32.0 Å². The summed E-state index contributed by atoms with van der Waals surface area (Å²) < 4.78 is 5.81. The number of hydrogen-bond acceptors (Lipinski definition) is 3. The Balaban J connectivity index is 1.75. The fourth-order valence-electron chi connectivity index (χ4n) is 3.99. The molecule has 1 aliphatic rings.